The van der Waals surface area contributed by atoms with Gasteiger partial charge in [0.25, 0.3) is 0 Å². The van der Waals surface area contributed by atoms with Gasteiger partial charge in [0.05, 0.1) is 16.6 Å². The van der Waals surface area contributed by atoms with Crippen molar-refractivity contribution in [3.63, 3.8) is 0 Å². The summed E-state index contributed by atoms with van der Waals surface area (Å²) in [6.07, 6.45) is 6.42. The number of likely N-dealkylation sites (tertiary alicyclic amines) is 1. The molecular formula is C33H47N3O4S. The summed E-state index contributed by atoms with van der Waals surface area (Å²) in [5.74, 6) is -1.07. The van der Waals surface area contributed by atoms with Crippen LogP contribution in [0.2, 0.25) is 0 Å². The molecule has 3 fully saturated rings. The molecule has 0 radical (unpaired) electrons. The van der Waals surface area contributed by atoms with Crippen molar-refractivity contribution in [3.8, 4) is 0 Å². The zero-order valence-electron chi connectivity index (χ0n) is 25.1. The molecular weight excluding hydrogens is 534 g/mol. The summed E-state index contributed by atoms with van der Waals surface area (Å²) >= 11 is 1.72. The van der Waals surface area contributed by atoms with Gasteiger partial charge in [-0.3, -0.25) is 14.4 Å². The monoisotopic (exact) mass is 581 g/mol. The normalized spacial score (nSPS) is 28.5. The smallest absolute Gasteiger partial charge is 0.247 e. The van der Waals surface area contributed by atoms with E-state index in [0.717, 1.165) is 18.4 Å². The summed E-state index contributed by atoms with van der Waals surface area (Å²) in [4.78, 5) is 48.8. The Morgan fingerprint density at radius 2 is 1.78 bits per heavy atom. The van der Waals surface area contributed by atoms with Gasteiger partial charge >= 0.3 is 0 Å². The maximum absolute atomic E-state index is 14.6. The van der Waals surface area contributed by atoms with Crippen molar-refractivity contribution in [1.29, 1.82) is 0 Å². The van der Waals surface area contributed by atoms with E-state index in [9.17, 15) is 19.5 Å². The zero-order valence-corrected chi connectivity index (χ0v) is 25.9. The first kappa shape index (κ1) is 31.4. The Bertz CT molecular complexity index is 1140. The lowest BCUT2D eigenvalue weighted by Crippen LogP contribution is -2.60. The van der Waals surface area contributed by atoms with Crippen molar-refractivity contribution in [2.45, 2.75) is 81.5 Å². The molecule has 6 atom stereocenters. The van der Waals surface area contributed by atoms with Crippen LogP contribution in [0, 0.1) is 17.8 Å². The number of benzene rings is 1. The number of amides is 3. The Balaban J connectivity index is 1.74. The van der Waals surface area contributed by atoms with E-state index < -0.39 is 28.2 Å². The SMILES string of the molecule is C=CCN(Cc1ccccc1)C(=O)[C@@H]1[C@H]2C(=O)N(CCCCCO)C(C(=O)N(CC=C)C(C)(C)C)C23S[C@@H]1CC3C. The Hall–Kier alpha value is -2.58. The summed E-state index contributed by atoms with van der Waals surface area (Å²) in [7, 11) is 0. The molecule has 3 aliphatic heterocycles. The quantitative estimate of drug-likeness (QED) is 0.274. The average Bonchev–Trinajstić information content (AvgIpc) is 3.52. The van der Waals surface area contributed by atoms with Crippen LogP contribution < -0.4 is 0 Å². The molecule has 0 saturated carbocycles. The second kappa shape index (κ2) is 12.7. The lowest BCUT2D eigenvalue weighted by Gasteiger charge is -2.44. The van der Waals surface area contributed by atoms with Crippen LogP contribution in [0.25, 0.3) is 0 Å². The van der Waals surface area contributed by atoms with E-state index in [2.05, 4.69) is 20.1 Å². The fourth-order valence-electron chi connectivity index (χ4n) is 7.27. The van der Waals surface area contributed by atoms with Gasteiger partial charge in [-0.1, -0.05) is 49.4 Å². The summed E-state index contributed by atoms with van der Waals surface area (Å²) in [6, 6.07) is 9.26. The third-order valence-corrected chi connectivity index (χ3v) is 11.2. The van der Waals surface area contributed by atoms with Gasteiger partial charge in [0, 0.05) is 43.6 Å². The molecule has 1 aromatic rings. The largest absolute Gasteiger partial charge is 0.396 e. The van der Waals surface area contributed by atoms with E-state index in [1.165, 1.54) is 0 Å². The standard InChI is InChI=1S/C33H47N3O4S/c1-7-17-34(22-24-15-11-9-12-16-24)29(38)26-25-21-23(3)33(41-25)27(26)30(39)35(19-13-10-14-20-37)28(33)31(40)36(18-8-2)32(4,5)6/h7-9,11-12,15-16,23,25-28,37H,1-2,10,13-14,17-22H2,3-6H3/t23?,25-,26+,27+,28?,33?/m1/s1. The Morgan fingerprint density at radius 1 is 1.10 bits per heavy atom. The van der Waals surface area contributed by atoms with E-state index in [4.69, 9.17) is 0 Å². The van der Waals surface area contributed by atoms with Gasteiger partial charge in [0.2, 0.25) is 17.7 Å². The van der Waals surface area contributed by atoms with Crippen LogP contribution in [-0.4, -0.2) is 85.3 Å². The number of nitrogens with zero attached hydrogens (tertiary/aromatic N) is 3. The summed E-state index contributed by atoms with van der Waals surface area (Å²) < 4.78 is -0.659. The predicted octanol–water partition coefficient (Wildman–Crippen LogP) is 4.51. The van der Waals surface area contributed by atoms with Gasteiger partial charge < -0.3 is 19.8 Å². The molecule has 3 aliphatic rings. The Morgan fingerprint density at radius 3 is 2.39 bits per heavy atom. The Labute approximate surface area is 250 Å². The maximum Gasteiger partial charge on any atom is 0.247 e. The van der Waals surface area contributed by atoms with Gasteiger partial charge in [0.1, 0.15) is 6.04 Å². The van der Waals surface area contributed by atoms with E-state index >= 15 is 0 Å². The number of hydrogen-bond acceptors (Lipinski definition) is 5. The average molecular weight is 582 g/mol. The van der Waals surface area contributed by atoms with E-state index in [-0.39, 0.29) is 35.5 Å². The van der Waals surface area contributed by atoms with Gasteiger partial charge in [0.15, 0.2) is 0 Å². The predicted molar refractivity (Wildman–Crippen MR) is 165 cm³/mol. The first-order valence-electron chi connectivity index (χ1n) is 15.0. The first-order valence-corrected chi connectivity index (χ1v) is 15.9. The number of unbranched alkanes of at least 4 members (excludes halogenated alkanes) is 2. The number of aliphatic hydroxyl groups is 1. The minimum absolute atomic E-state index is 0.0103. The van der Waals surface area contributed by atoms with Crippen LogP contribution in [0.3, 0.4) is 0 Å². The van der Waals surface area contributed by atoms with E-state index in [1.54, 1.807) is 28.8 Å². The fraction of sp³-hybridized carbons (Fsp3) is 0.606. The molecule has 7 nitrogen and oxygen atoms in total. The molecule has 224 valence electrons. The van der Waals surface area contributed by atoms with Crippen LogP contribution in [0.1, 0.15) is 58.9 Å². The second-order valence-corrected chi connectivity index (χ2v) is 14.3. The van der Waals surface area contributed by atoms with Crippen molar-refractivity contribution in [1.82, 2.24) is 14.7 Å². The van der Waals surface area contributed by atoms with Crippen LogP contribution in [0.15, 0.2) is 55.6 Å². The maximum atomic E-state index is 14.6. The van der Waals surface area contributed by atoms with Crippen LogP contribution in [-0.2, 0) is 20.9 Å². The van der Waals surface area contributed by atoms with Crippen molar-refractivity contribution >= 4 is 29.5 Å². The molecule has 41 heavy (non-hydrogen) atoms. The summed E-state index contributed by atoms with van der Waals surface area (Å²) in [6.45, 7) is 17.8. The van der Waals surface area contributed by atoms with Gasteiger partial charge in [-0.05, 0) is 57.9 Å². The molecule has 8 heteroatoms. The van der Waals surface area contributed by atoms with Crippen LogP contribution >= 0.6 is 11.8 Å². The summed E-state index contributed by atoms with van der Waals surface area (Å²) in [5, 5.41) is 9.31. The molecule has 2 bridgehead atoms. The molecule has 1 N–H and O–H groups in total. The van der Waals surface area contributed by atoms with Gasteiger partial charge in [-0.25, -0.2) is 0 Å². The Kier molecular flexibility index (Phi) is 9.74. The van der Waals surface area contributed by atoms with Crippen molar-refractivity contribution in [2.24, 2.45) is 17.8 Å². The number of carbonyl (C=O) groups is 3. The molecule has 3 saturated heterocycles. The minimum Gasteiger partial charge on any atom is -0.396 e. The third kappa shape index (κ3) is 5.74. The number of rotatable bonds is 13. The highest BCUT2D eigenvalue weighted by Crippen LogP contribution is 2.69. The molecule has 1 spiro atoms. The highest BCUT2D eigenvalue weighted by Gasteiger charge is 2.76. The van der Waals surface area contributed by atoms with Gasteiger partial charge in [-0.15, -0.1) is 24.9 Å². The van der Waals surface area contributed by atoms with Crippen molar-refractivity contribution < 1.29 is 19.5 Å². The second-order valence-electron chi connectivity index (χ2n) is 12.8. The van der Waals surface area contributed by atoms with Gasteiger partial charge in [-0.2, -0.15) is 0 Å². The highest BCUT2D eigenvalue weighted by atomic mass is 32.2. The number of fused-ring (bicyclic) bond motifs is 1. The van der Waals surface area contributed by atoms with Crippen LogP contribution in [0.4, 0.5) is 0 Å². The molecule has 3 unspecified atom stereocenters. The lowest BCUT2D eigenvalue weighted by atomic mass is 9.65. The van der Waals surface area contributed by atoms with Crippen molar-refractivity contribution in [2.75, 3.05) is 26.2 Å². The highest BCUT2D eigenvalue weighted by molar-refractivity contribution is 8.02. The zero-order chi connectivity index (χ0) is 29.9. The van der Waals surface area contributed by atoms with E-state index in [0.29, 0.717) is 39.0 Å². The fourth-order valence-corrected chi connectivity index (χ4v) is 9.68. The number of aliphatic hydroxyl groups excluding tert-OH is 1. The first-order chi connectivity index (χ1) is 19.5. The third-order valence-electron chi connectivity index (χ3n) is 9.09. The molecule has 4 rings (SSSR count). The minimum atomic E-state index is -0.659. The molecule has 1 aromatic carbocycles. The molecule has 0 aliphatic carbocycles. The molecule has 3 amide bonds. The lowest BCUT2D eigenvalue weighted by molar-refractivity contribution is -0.146. The summed E-state index contributed by atoms with van der Waals surface area (Å²) in [5.41, 5.74) is 0.574. The number of hydrogen-bond donors (Lipinski definition) is 1. The van der Waals surface area contributed by atoms with Crippen LogP contribution in [0.5, 0.6) is 0 Å². The number of carbonyl (C=O) groups excluding carboxylic acids is 3. The number of thioether (sulfide) groups is 1. The molecule has 3 heterocycles. The topological polar surface area (TPSA) is 81.2 Å². The molecule has 0 aromatic heterocycles. The van der Waals surface area contributed by atoms with E-state index in [1.807, 2.05) is 60.9 Å². The van der Waals surface area contributed by atoms with Crippen molar-refractivity contribution in [3.05, 3.63) is 61.2 Å².